The highest BCUT2D eigenvalue weighted by molar-refractivity contribution is 8.05. The van der Waals surface area contributed by atoms with E-state index in [0.29, 0.717) is 19.3 Å². The summed E-state index contributed by atoms with van der Waals surface area (Å²) in [4.78, 5) is 28.0. The van der Waals surface area contributed by atoms with Crippen LogP contribution >= 0.6 is 23.5 Å². The van der Waals surface area contributed by atoms with Crippen LogP contribution in [0.3, 0.4) is 0 Å². The number of hydrogen-bond donors (Lipinski definition) is 1. The lowest BCUT2D eigenvalue weighted by atomic mass is 10.1. The van der Waals surface area contributed by atoms with Crippen LogP contribution in [-0.4, -0.2) is 81.6 Å². The zero-order valence-corrected chi connectivity index (χ0v) is 22.3. The molecule has 3 saturated heterocycles. The number of nitrogens with one attached hydrogen (secondary N) is 1. The number of aromatic amines is 1. The van der Waals surface area contributed by atoms with E-state index in [9.17, 15) is 4.79 Å². The lowest BCUT2D eigenvalue weighted by Crippen LogP contribution is -2.39. The monoisotopic (exact) mass is 534 g/mol. The predicted molar refractivity (Wildman–Crippen MR) is 149 cm³/mol. The summed E-state index contributed by atoms with van der Waals surface area (Å²) in [7, 11) is 0. The summed E-state index contributed by atoms with van der Waals surface area (Å²) in [5.74, 6) is 0. The molecule has 0 amide bonds. The first kappa shape index (κ1) is 23.7. The number of ether oxygens (including phenoxy) is 2. The minimum absolute atomic E-state index is 0.0692. The Morgan fingerprint density at radius 3 is 2.49 bits per heavy atom. The molecular formula is C28H30N4O3S2. The summed E-state index contributed by atoms with van der Waals surface area (Å²) in [6.07, 6.45) is 0. The molecule has 37 heavy (non-hydrogen) atoms. The number of anilines is 2. The molecule has 1 atom stereocenters. The Bertz CT molecular complexity index is 1370. The Morgan fingerprint density at radius 2 is 1.65 bits per heavy atom. The van der Waals surface area contributed by atoms with E-state index >= 15 is 0 Å². The molecular weight excluding hydrogens is 504 g/mol. The zero-order valence-electron chi connectivity index (χ0n) is 20.7. The molecule has 0 bridgehead atoms. The maximum absolute atomic E-state index is 12.6. The Morgan fingerprint density at radius 1 is 0.838 bits per heavy atom. The Balaban J connectivity index is 1.12. The number of nitrogens with zero attached hydrogens (tertiary/aromatic N) is 3. The van der Waals surface area contributed by atoms with E-state index in [1.54, 1.807) is 17.8 Å². The minimum Gasteiger partial charge on any atom is -0.379 e. The third-order valence-corrected chi connectivity index (χ3v) is 10.0. The number of aromatic nitrogens is 1. The van der Waals surface area contributed by atoms with E-state index in [-0.39, 0.29) is 5.56 Å². The third-order valence-electron chi connectivity index (χ3n) is 7.45. The molecule has 192 valence electrons. The van der Waals surface area contributed by atoms with E-state index in [0.717, 1.165) is 69.4 Å². The number of benzene rings is 2. The van der Waals surface area contributed by atoms with Gasteiger partial charge in [-0.15, -0.1) is 0 Å². The van der Waals surface area contributed by atoms with Crippen molar-refractivity contribution in [2.75, 3.05) is 75.5 Å². The molecule has 0 radical (unpaired) electrons. The van der Waals surface area contributed by atoms with Gasteiger partial charge in [0, 0.05) is 81.9 Å². The van der Waals surface area contributed by atoms with E-state index in [1.807, 2.05) is 11.8 Å². The highest BCUT2D eigenvalue weighted by Crippen LogP contribution is 2.52. The highest BCUT2D eigenvalue weighted by atomic mass is 32.2. The van der Waals surface area contributed by atoms with Crippen molar-refractivity contribution in [2.24, 2.45) is 0 Å². The molecule has 7 rings (SSSR count). The average Bonchev–Trinajstić information content (AvgIpc) is 3.71. The van der Waals surface area contributed by atoms with Gasteiger partial charge >= 0.3 is 0 Å². The van der Waals surface area contributed by atoms with E-state index in [4.69, 9.17) is 9.47 Å². The van der Waals surface area contributed by atoms with Crippen LogP contribution < -0.4 is 15.4 Å². The van der Waals surface area contributed by atoms with Crippen LogP contribution in [0.5, 0.6) is 0 Å². The second-order valence-electron chi connectivity index (χ2n) is 9.90. The fourth-order valence-electron chi connectivity index (χ4n) is 5.39. The molecule has 1 unspecified atom stereocenters. The molecule has 3 aromatic rings. The molecule has 5 heterocycles. The summed E-state index contributed by atoms with van der Waals surface area (Å²) in [5, 5.41) is 0. The van der Waals surface area contributed by atoms with Crippen molar-refractivity contribution >= 4 is 34.9 Å². The van der Waals surface area contributed by atoms with Crippen molar-refractivity contribution in [3.05, 3.63) is 58.9 Å². The second kappa shape index (κ2) is 10.0. The van der Waals surface area contributed by atoms with Gasteiger partial charge in [-0.05, 0) is 30.3 Å². The Kier molecular flexibility index (Phi) is 6.42. The van der Waals surface area contributed by atoms with E-state index in [2.05, 4.69) is 62.1 Å². The van der Waals surface area contributed by atoms with Crippen molar-refractivity contribution in [2.45, 2.75) is 25.6 Å². The molecule has 0 spiro atoms. The van der Waals surface area contributed by atoms with E-state index in [1.165, 1.54) is 25.3 Å². The van der Waals surface area contributed by atoms with Gasteiger partial charge in [-0.25, -0.2) is 0 Å². The number of morpholine rings is 2. The summed E-state index contributed by atoms with van der Waals surface area (Å²) >= 11 is 3.63. The lowest BCUT2D eigenvalue weighted by molar-refractivity contribution is 0.0386. The van der Waals surface area contributed by atoms with Crippen molar-refractivity contribution in [1.29, 1.82) is 0 Å². The molecule has 4 aliphatic heterocycles. The van der Waals surface area contributed by atoms with Gasteiger partial charge in [0.05, 0.1) is 38.2 Å². The Hall–Kier alpha value is -2.43. The molecule has 1 N–H and O–H groups in total. The zero-order chi connectivity index (χ0) is 24.8. The summed E-state index contributed by atoms with van der Waals surface area (Å²) in [5.41, 5.74) is 4.15. The van der Waals surface area contributed by atoms with Gasteiger partial charge in [-0.2, -0.15) is 0 Å². The fourth-order valence-corrected chi connectivity index (χ4v) is 7.80. The maximum Gasteiger partial charge on any atom is 0.250 e. The molecule has 1 aromatic heterocycles. The van der Waals surface area contributed by atoms with Crippen molar-refractivity contribution in [1.82, 2.24) is 9.88 Å². The lowest BCUT2D eigenvalue weighted by Gasteiger charge is -2.29. The normalized spacial score (nSPS) is 21.5. The SMILES string of the molecule is O=c1cc(N2CCOCC2)cc(-c2cccc3c2Sc2ccc(N4CC4CN4CCOCC4)cc2S3)[nH]1. The van der Waals surface area contributed by atoms with E-state index < -0.39 is 0 Å². The minimum atomic E-state index is -0.0692. The topological polar surface area (TPSA) is 60.8 Å². The molecule has 7 nitrogen and oxygen atoms in total. The average molecular weight is 535 g/mol. The number of rotatable bonds is 5. The smallest absolute Gasteiger partial charge is 0.250 e. The van der Waals surface area contributed by atoms with Crippen LogP contribution in [0.15, 0.2) is 72.9 Å². The maximum atomic E-state index is 12.6. The standard InChI is InChI=1S/C28H30N4O3S2/c33-27-16-20(31-8-12-35-13-9-31)14-23(29-27)22-2-1-3-25-28(22)37-24-5-4-19(15-26(24)36-25)32-18-21(32)17-30-6-10-34-11-7-30/h1-5,14-16,21H,6-13,17-18H2,(H,29,33). The predicted octanol–water partition coefficient (Wildman–Crippen LogP) is 4.02. The molecule has 4 aliphatic rings. The number of H-pyrrole nitrogens is 1. The highest BCUT2D eigenvalue weighted by Gasteiger charge is 2.36. The van der Waals surface area contributed by atoms with Gasteiger partial charge in [0.2, 0.25) is 5.56 Å². The van der Waals surface area contributed by atoms with Gasteiger partial charge in [0.1, 0.15) is 0 Å². The van der Waals surface area contributed by atoms with Gasteiger partial charge in [-0.3, -0.25) is 9.69 Å². The number of pyridine rings is 1. The molecule has 2 aromatic carbocycles. The Labute approximate surface area is 225 Å². The van der Waals surface area contributed by atoms with Crippen molar-refractivity contribution in [3.8, 4) is 11.3 Å². The fraction of sp³-hybridized carbons (Fsp3) is 0.393. The molecule has 0 saturated carbocycles. The van der Waals surface area contributed by atoms with Crippen LogP contribution in [0.2, 0.25) is 0 Å². The van der Waals surface area contributed by atoms with Crippen LogP contribution in [0.25, 0.3) is 11.3 Å². The van der Waals surface area contributed by atoms with Crippen LogP contribution in [0, 0.1) is 0 Å². The van der Waals surface area contributed by atoms with Crippen LogP contribution in [0.4, 0.5) is 11.4 Å². The van der Waals surface area contributed by atoms with Crippen molar-refractivity contribution in [3.63, 3.8) is 0 Å². The van der Waals surface area contributed by atoms with Gasteiger partial charge < -0.3 is 24.3 Å². The summed E-state index contributed by atoms with van der Waals surface area (Å²) < 4.78 is 11.0. The first-order chi connectivity index (χ1) is 18.2. The second-order valence-corrected chi connectivity index (χ2v) is 12.0. The van der Waals surface area contributed by atoms with Gasteiger partial charge in [0.25, 0.3) is 0 Å². The number of hydrogen-bond acceptors (Lipinski definition) is 8. The molecule has 9 heteroatoms. The molecule has 3 fully saturated rings. The summed E-state index contributed by atoms with van der Waals surface area (Å²) in [6.45, 7) is 9.04. The largest absolute Gasteiger partial charge is 0.379 e. The summed E-state index contributed by atoms with van der Waals surface area (Å²) in [6, 6.07) is 17.7. The van der Waals surface area contributed by atoms with Crippen molar-refractivity contribution < 1.29 is 9.47 Å². The van der Waals surface area contributed by atoms with Crippen LogP contribution in [-0.2, 0) is 9.47 Å². The van der Waals surface area contributed by atoms with Crippen LogP contribution in [0.1, 0.15) is 0 Å². The first-order valence-corrected chi connectivity index (χ1v) is 14.6. The first-order valence-electron chi connectivity index (χ1n) is 13.0. The van der Waals surface area contributed by atoms with Gasteiger partial charge in [0.15, 0.2) is 0 Å². The van der Waals surface area contributed by atoms with Gasteiger partial charge in [-0.1, -0.05) is 35.7 Å². The third kappa shape index (κ3) is 4.91. The molecule has 0 aliphatic carbocycles. The quantitative estimate of drug-likeness (QED) is 0.386. The number of fused-ring (bicyclic) bond motifs is 2.